The van der Waals surface area contributed by atoms with Crippen molar-refractivity contribution in [2.45, 2.75) is 72.3 Å². The average Bonchev–Trinajstić information content (AvgIpc) is 3.20. The summed E-state index contributed by atoms with van der Waals surface area (Å²) in [5.41, 5.74) is 2.27. The third-order valence-electron chi connectivity index (χ3n) is 5.35. The number of Topliss-reactive ketones (excluding diaryl/α,β-unsaturated/α-hetero) is 1. The lowest BCUT2D eigenvalue weighted by Gasteiger charge is -2.34. The van der Waals surface area contributed by atoms with Gasteiger partial charge in [0, 0.05) is 24.9 Å². The minimum absolute atomic E-state index is 0.170. The highest BCUT2D eigenvalue weighted by molar-refractivity contribution is 9.10. The third-order valence-corrected chi connectivity index (χ3v) is 6.30. The maximum absolute atomic E-state index is 13.0. The molecule has 0 atom stereocenters. The van der Waals surface area contributed by atoms with E-state index in [2.05, 4.69) is 36.0 Å². The van der Waals surface area contributed by atoms with E-state index in [-0.39, 0.29) is 17.9 Å². The fourth-order valence-corrected chi connectivity index (χ4v) is 4.28. The Balaban J connectivity index is 1.87. The SMILES string of the molecule is Cc1nc(C)c(C(=O)C(=O)OC(C)C)c(N2CCC(c3nc(C(C)C)no3)CC2)c1Br. The highest BCUT2D eigenvalue weighted by atomic mass is 79.9. The number of aryl methyl sites for hydroxylation is 2. The van der Waals surface area contributed by atoms with E-state index < -0.39 is 11.8 Å². The van der Waals surface area contributed by atoms with Gasteiger partial charge in [0.25, 0.3) is 5.78 Å². The zero-order valence-corrected chi connectivity index (χ0v) is 20.4. The fourth-order valence-electron chi connectivity index (χ4n) is 3.75. The van der Waals surface area contributed by atoms with E-state index in [1.54, 1.807) is 20.8 Å². The van der Waals surface area contributed by atoms with Gasteiger partial charge in [-0.3, -0.25) is 9.78 Å². The first kappa shape index (κ1) is 23.4. The predicted octanol–water partition coefficient (Wildman–Crippen LogP) is 4.49. The first-order chi connectivity index (χ1) is 14.6. The maximum Gasteiger partial charge on any atom is 0.380 e. The number of carbonyl (C=O) groups excluding carboxylic acids is 2. The molecule has 0 radical (unpaired) electrons. The molecule has 0 amide bonds. The van der Waals surface area contributed by atoms with Crippen LogP contribution in [0.3, 0.4) is 0 Å². The highest BCUT2D eigenvalue weighted by Crippen LogP contribution is 2.38. The van der Waals surface area contributed by atoms with E-state index in [0.717, 1.165) is 28.8 Å². The Morgan fingerprint density at radius 1 is 1.10 bits per heavy atom. The van der Waals surface area contributed by atoms with Crippen LogP contribution in [0.4, 0.5) is 5.69 Å². The molecule has 0 saturated carbocycles. The number of nitrogens with zero attached hydrogens (tertiary/aromatic N) is 4. The lowest BCUT2D eigenvalue weighted by molar-refractivity contribution is -0.141. The van der Waals surface area contributed by atoms with Crippen molar-refractivity contribution in [2.24, 2.45) is 0 Å². The Bertz CT molecular complexity index is 978. The van der Waals surface area contributed by atoms with Crippen molar-refractivity contribution in [3.05, 3.63) is 33.1 Å². The van der Waals surface area contributed by atoms with Gasteiger partial charge in [-0.15, -0.1) is 0 Å². The Morgan fingerprint density at radius 3 is 2.29 bits per heavy atom. The van der Waals surface area contributed by atoms with E-state index >= 15 is 0 Å². The molecule has 0 bridgehead atoms. The van der Waals surface area contributed by atoms with Crippen LogP contribution in [0.1, 0.15) is 85.8 Å². The Morgan fingerprint density at radius 2 is 1.74 bits per heavy atom. The molecule has 8 nitrogen and oxygen atoms in total. The van der Waals surface area contributed by atoms with Gasteiger partial charge in [-0.2, -0.15) is 4.98 Å². The molecule has 31 heavy (non-hydrogen) atoms. The number of aromatic nitrogens is 3. The highest BCUT2D eigenvalue weighted by Gasteiger charge is 2.33. The number of rotatable bonds is 6. The van der Waals surface area contributed by atoms with Crippen LogP contribution in [0, 0.1) is 13.8 Å². The van der Waals surface area contributed by atoms with Gasteiger partial charge in [0.1, 0.15) is 0 Å². The van der Waals surface area contributed by atoms with Gasteiger partial charge >= 0.3 is 5.97 Å². The molecular formula is C22H29BrN4O4. The van der Waals surface area contributed by atoms with E-state index in [1.807, 2.05) is 20.8 Å². The smallest absolute Gasteiger partial charge is 0.380 e. The van der Waals surface area contributed by atoms with Crippen molar-refractivity contribution < 1.29 is 18.8 Å². The number of hydrogen-bond acceptors (Lipinski definition) is 8. The average molecular weight is 493 g/mol. The number of esters is 1. The maximum atomic E-state index is 13.0. The van der Waals surface area contributed by atoms with Crippen molar-refractivity contribution in [3.8, 4) is 0 Å². The lowest BCUT2D eigenvalue weighted by atomic mass is 9.95. The zero-order valence-electron chi connectivity index (χ0n) is 18.9. The zero-order chi connectivity index (χ0) is 22.9. The first-order valence-corrected chi connectivity index (χ1v) is 11.4. The number of carbonyl (C=O) groups is 2. The molecule has 1 aliphatic heterocycles. The number of ether oxygens (including phenoxy) is 1. The molecule has 1 saturated heterocycles. The second kappa shape index (κ2) is 9.46. The van der Waals surface area contributed by atoms with Crippen molar-refractivity contribution in [3.63, 3.8) is 0 Å². The second-order valence-electron chi connectivity index (χ2n) is 8.51. The van der Waals surface area contributed by atoms with Crippen LogP contribution in [0.25, 0.3) is 0 Å². The number of anilines is 1. The lowest BCUT2D eigenvalue weighted by Crippen LogP contribution is -2.35. The van der Waals surface area contributed by atoms with Gasteiger partial charge in [-0.05, 0) is 56.5 Å². The molecule has 3 rings (SSSR count). The van der Waals surface area contributed by atoms with Gasteiger partial charge in [-0.1, -0.05) is 19.0 Å². The normalized spacial score (nSPS) is 15.1. The Kier molecular flexibility index (Phi) is 7.13. The summed E-state index contributed by atoms with van der Waals surface area (Å²) in [5.74, 6) is 0.242. The van der Waals surface area contributed by atoms with Crippen molar-refractivity contribution >= 4 is 33.4 Å². The Hall–Kier alpha value is -2.29. The summed E-state index contributed by atoms with van der Waals surface area (Å²) in [6, 6.07) is 0. The summed E-state index contributed by atoms with van der Waals surface area (Å²) >= 11 is 3.60. The van der Waals surface area contributed by atoms with Crippen LogP contribution < -0.4 is 4.90 Å². The van der Waals surface area contributed by atoms with E-state index in [4.69, 9.17) is 9.26 Å². The van der Waals surface area contributed by atoms with Crippen molar-refractivity contribution in [2.75, 3.05) is 18.0 Å². The molecular weight excluding hydrogens is 464 g/mol. The molecule has 9 heteroatoms. The molecule has 3 heterocycles. The summed E-state index contributed by atoms with van der Waals surface area (Å²) < 4.78 is 11.4. The van der Waals surface area contributed by atoms with Gasteiger partial charge in [-0.25, -0.2) is 4.79 Å². The van der Waals surface area contributed by atoms with Crippen LogP contribution in [-0.4, -0.2) is 46.1 Å². The first-order valence-electron chi connectivity index (χ1n) is 10.6. The molecule has 2 aromatic heterocycles. The summed E-state index contributed by atoms with van der Waals surface area (Å²) in [6.07, 6.45) is 1.23. The number of halogens is 1. The number of ketones is 1. The minimum atomic E-state index is -0.862. The molecule has 1 aliphatic rings. The standard InChI is InChI=1S/C22H29BrN4O4/c1-11(2)20-25-21(31-26-20)15-7-9-27(10-8-15)18-16(13(5)24-14(6)17(18)23)19(28)22(29)30-12(3)4/h11-12,15H,7-10H2,1-6H3. The number of hydrogen-bond donors (Lipinski definition) is 0. The summed E-state index contributed by atoms with van der Waals surface area (Å²) in [5, 5.41) is 4.07. The van der Waals surface area contributed by atoms with E-state index in [9.17, 15) is 9.59 Å². The van der Waals surface area contributed by atoms with E-state index in [1.165, 1.54) is 0 Å². The predicted molar refractivity (Wildman–Crippen MR) is 120 cm³/mol. The van der Waals surface area contributed by atoms with Gasteiger partial charge < -0.3 is 14.2 Å². The summed E-state index contributed by atoms with van der Waals surface area (Å²) in [4.78, 5) is 36.5. The monoisotopic (exact) mass is 492 g/mol. The quantitative estimate of drug-likeness (QED) is 0.330. The molecule has 168 valence electrons. The topological polar surface area (TPSA) is 98.4 Å². The van der Waals surface area contributed by atoms with Crippen LogP contribution in [0.5, 0.6) is 0 Å². The van der Waals surface area contributed by atoms with Crippen LogP contribution in [0.2, 0.25) is 0 Å². The van der Waals surface area contributed by atoms with Crippen LogP contribution >= 0.6 is 15.9 Å². The summed E-state index contributed by atoms with van der Waals surface area (Å²) in [7, 11) is 0. The molecule has 2 aromatic rings. The van der Waals surface area contributed by atoms with Gasteiger partial charge in [0.15, 0.2) is 5.82 Å². The molecule has 1 fully saturated rings. The fraction of sp³-hybridized carbons (Fsp3) is 0.591. The Labute approximate surface area is 190 Å². The van der Waals surface area contributed by atoms with Crippen LogP contribution in [-0.2, 0) is 9.53 Å². The van der Waals surface area contributed by atoms with Crippen LogP contribution in [0.15, 0.2) is 9.00 Å². The minimum Gasteiger partial charge on any atom is -0.457 e. The van der Waals surface area contributed by atoms with Crippen molar-refractivity contribution in [1.82, 2.24) is 15.1 Å². The molecule has 0 spiro atoms. The molecule has 0 N–H and O–H groups in total. The summed E-state index contributed by atoms with van der Waals surface area (Å²) in [6.45, 7) is 12.5. The number of piperidine rings is 1. The second-order valence-corrected chi connectivity index (χ2v) is 9.30. The molecule has 0 aromatic carbocycles. The van der Waals surface area contributed by atoms with Gasteiger partial charge in [0.2, 0.25) is 5.89 Å². The molecule has 0 aliphatic carbocycles. The van der Waals surface area contributed by atoms with Crippen molar-refractivity contribution in [1.29, 1.82) is 0 Å². The number of pyridine rings is 1. The largest absolute Gasteiger partial charge is 0.457 e. The van der Waals surface area contributed by atoms with Gasteiger partial charge in [0.05, 0.1) is 33.2 Å². The molecule has 0 unspecified atom stereocenters. The van der Waals surface area contributed by atoms with E-state index in [0.29, 0.717) is 35.9 Å². The third kappa shape index (κ3) is 4.97.